The molecule has 0 aliphatic heterocycles. The normalized spacial score (nSPS) is 11.3. The van der Waals surface area contributed by atoms with E-state index < -0.39 is 0 Å². The molecular weight excluding hydrogens is 358 g/mol. The second-order valence-electron chi connectivity index (χ2n) is 6.37. The van der Waals surface area contributed by atoms with Crippen LogP contribution in [0.25, 0.3) is 0 Å². The first-order chi connectivity index (χ1) is 13.5. The number of hydrogen-bond acceptors (Lipinski definition) is 5. The molecule has 0 radical (unpaired) electrons. The Morgan fingerprint density at radius 3 is 2.36 bits per heavy atom. The van der Waals surface area contributed by atoms with Crippen molar-refractivity contribution < 1.29 is 14.2 Å². The standard InChI is InChI=1S/C20H31N5O3/c1-7-21-20(24(2)13-15-12-23-25(3)14-15)22-9-8-17-18(27-5)10-16(26-4)11-19(17)28-6/h10-12,14H,7-9,13H2,1-6H3,(H,21,22). The summed E-state index contributed by atoms with van der Waals surface area (Å²) in [6.45, 7) is 4.18. The molecule has 8 heteroatoms. The maximum Gasteiger partial charge on any atom is 0.193 e. The molecule has 0 atom stereocenters. The van der Waals surface area contributed by atoms with E-state index in [9.17, 15) is 0 Å². The van der Waals surface area contributed by atoms with Crippen LogP contribution >= 0.6 is 0 Å². The van der Waals surface area contributed by atoms with Crippen LogP contribution in [0.1, 0.15) is 18.1 Å². The van der Waals surface area contributed by atoms with Gasteiger partial charge in [-0.25, -0.2) is 0 Å². The van der Waals surface area contributed by atoms with Gasteiger partial charge in [-0.05, 0) is 13.3 Å². The van der Waals surface area contributed by atoms with Crippen LogP contribution in [0.2, 0.25) is 0 Å². The Hall–Kier alpha value is -2.90. The molecule has 0 amide bonds. The second kappa shape index (κ2) is 10.4. The van der Waals surface area contributed by atoms with Gasteiger partial charge in [0.05, 0.1) is 27.5 Å². The van der Waals surface area contributed by atoms with E-state index in [4.69, 9.17) is 19.2 Å². The van der Waals surface area contributed by atoms with Gasteiger partial charge >= 0.3 is 0 Å². The summed E-state index contributed by atoms with van der Waals surface area (Å²) < 4.78 is 18.1. The maximum atomic E-state index is 5.52. The van der Waals surface area contributed by atoms with E-state index in [1.807, 2.05) is 38.6 Å². The van der Waals surface area contributed by atoms with Crippen molar-refractivity contribution in [2.75, 3.05) is 41.5 Å². The number of guanidine groups is 1. The van der Waals surface area contributed by atoms with Crippen LogP contribution in [0.5, 0.6) is 17.2 Å². The first-order valence-corrected chi connectivity index (χ1v) is 9.28. The van der Waals surface area contributed by atoms with E-state index >= 15 is 0 Å². The van der Waals surface area contributed by atoms with Crippen LogP contribution < -0.4 is 19.5 Å². The lowest BCUT2D eigenvalue weighted by Crippen LogP contribution is -2.38. The molecular formula is C20H31N5O3. The highest BCUT2D eigenvalue weighted by Crippen LogP contribution is 2.34. The molecule has 0 unspecified atom stereocenters. The molecule has 1 aromatic carbocycles. The molecule has 0 bridgehead atoms. The number of aryl methyl sites for hydroxylation is 1. The summed E-state index contributed by atoms with van der Waals surface area (Å²) in [4.78, 5) is 6.85. The summed E-state index contributed by atoms with van der Waals surface area (Å²) in [6, 6.07) is 3.72. The summed E-state index contributed by atoms with van der Waals surface area (Å²) in [5.41, 5.74) is 2.11. The lowest BCUT2D eigenvalue weighted by atomic mass is 10.1. The van der Waals surface area contributed by atoms with Crippen molar-refractivity contribution in [1.29, 1.82) is 0 Å². The van der Waals surface area contributed by atoms with Crippen molar-refractivity contribution >= 4 is 5.96 Å². The van der Waals surface area contributed by atoms with E-state index in [1.165, 1.54) is 0 Å². The second-order valence-corrected chi connectivity index (χ2v) is 6.37. The van der Waals surface area contributed by atoms with Gasteiger partial charge in [-0.3, -0.25) is 9.67 Å². The van der Waals surface area contributed by atoms with Gasteiger partial charge in [0.25, 0.3) is 0 Å². The molecule has 0 fully saturated rings. The fourth-order valence-electron chi connectivity index (χ4n) is 2.97. The highest BCUT2D eigenvalue weighted by atomic mass is 16.5. The molecule has 154 valence electrons. The summed E-state index contributed by atoms with van der Waals surface area (Å²) in [5.74, 6) is 3.02. The van der Waals surface area contributed by atoms with Gasteiger partial charge in [0.1, 0.15) is 17.2 Å². The van der Waals surface area contributed by atoms with E-state index in [2.05, 4.69) is 22.2 Å². The number of aromatic nitrogens is 2. The number of hydrogen-bond donors (Lipinski definition) is 1. The molecule has 2 rings (SSSR count). The quantitative estimate of drug-likeness (QED) is 0.523. The molecule has 28 heavy (non-hydrogen) atoms. The third kappa shape index (κ3) is 5.55. The molecule has 1 aromatic heterocycles. The zero-order chi connectivity index (χ0) is 20.5. The number of benzene rings is 1. The average molecular weight is 390 g/mol. The van der Waals surface area contributed by atoms with Crippen LogP contribution in [-0.4, -0.2) is 62.1 Å². The van der Waals surface area contributed by atoms with Gasteiger partial charge in [-0.2, -0.15) is 5.10 Å². The Kier molecular flexibility index (Phi) is 7.98. The predicted molar refractivity (Wildman–Crippen MR) is 110 cm³/mol. The summed E-state index contributed by atoms with van der Waals surface area (Å²) in [5, 5.41) is 7.56. The van der Waals surface area contributed by atoms with Gasteiger partial charge in [0.2, 0.25) is 0 Å². The smallest absolute Gasteiger partial charge is 0.193 e. The fourth-order valence-corrected chi connectivity index (χ4v) is 2.97. The third-order valence-corrected chi connectivity index (χ3v) is 4.32. The molecule has 8 nitrogen and oxygen atoms in total. The van der Waals surface area contributed by atoms with Gasteiger partial charge in [0, 0.05) is 63.2 Å². The Bertz CT molecular complexity index is 763. The molecule has 0 saturated heterocycles. The monoisotopic (exact) mass is 389 g/mol. The van der Waals surface area contributed by atoms with Crippen LogP contribution in [0.4, 0.5) is 0 Å². The van der Waals surface area contributed by atoms with Crippen LogP contribution in [0.15, 0.2) is 29.5 Å². The lowest BCUT2D eigenvalue weighted by Gasteiger charge is -2.21. The van der Waals surface area contributed by atoms with Gasteiger partial charge in [0.15, 0.2) is 5.96 Å². The van der Waals surface area contributed by atoms with Gasteiger partial charge in [-0.1, -0.05) is 0 Å². The first kappa shape index (κ1) is 21.4. The summed E-state index contributed by atoms with van der Waals surface area (Å²) in [6.07, 6.45) is 4.56. The predicted octanol–water partition coefficient (Wildman–Crippen LogP) is 2.09. The van der Waals surface area contributed by atoms with E-state index in [0.717, 1.165) is 41.7 Å². The molecule has 0 aliphatic carbocycles. The molecule has 0 saturated carbocycles. The zero-order valence-electron chi connectivity index (χ0n) is 17.7. The van der Waals surface area contributed by atoms with Crippen molar-refractivity contribution in [1.82, 2.24) is 20.0 Å². The minimum Gasteiger partial charge on any atom is -0.496 e. The van der Waals surface area contributed by atoms with Crippen LogP contribution in [0.3, 0.4) is 0 Å². The average Bonchev–Trinajstić information content (AvgIpc) is 3.11. The molecule has 1 N–H and O–H groups in total. The van der Waals surface area contributed by atoms with Crippen molar-refractivity contribution in [2.24, 2.45) is 12.0 Å². The summed E-state index contributed by atoms with van der Waals surface area (Å²) >= 11 is 0. The van der Waals surface area contributed by atoms with Gasteiger partial charge < -0.3 is 24.4 Å². The maximum absolute atomic E-state index is 5.52. The van der Waals surface area contributed by atoms with Crippen molar-refractivity contribution in [3.63, 3.8) is 0 Å². The van der Waals surface area contributed by atoms with Crippen LogP contribution in [0, 0.1) is 0 Å². The largest absolute Gasteiger partial charge is 0.496 e. The van der Waals surface area contributed by atoms with E-state index in [-0.39, 0.29) is 0 Å². The topological polar surface area (TPSA) is 73.1 Å². The molecule has 2 aromatic rings. The number of aliphatic imine (C=N–C) groups is 1. The number of nitrogens with one attached hydrogen (secondary N) is 1. The third-order valence-electron chi connectivity index (χ3n) is 4.32. The zero-order valence-corrected chi connectivity index (χ0v) is 17.7. The van der Waals surface area contributed by atoms with Crippen molar-refractivity contribution in [2.45, 2.75) is 19.9 Å². The Balaban J connectivity index is 2.13. The highest BCUT2D eigenvalue weighted by molar-refractivity contribution is 5.79. The van der Waals surface area contributed by atoms with Crippen molar-refractivity contribution in [3.05, 3.63) is 35.7 Å². The van der Waals surface area contributed by atoms with E-state index in [0.29, 0.717) is 18.7 Å². The first-order valence-electron chi connectivity index (χ1n) is 9.28. The lowest BCUT2D eigenvalue weighted by molar-refractivity contribution is 0.369. The SMILES string of the molecule is CCNC(=NCCc1c(OC)cc(OC)cc1OC)N(C)Cc1cnn(C)c1. The molecule has 0 spiro atoms. The van der Waals surface area contributed by atoms with Crippen LogP contribution in [-0.2, 0) is 20.0 Å². The Labute approximate surface area is 167 Å². The minimum atomic E-state index is 0.596. The number of nitrogens with zero attached hydrogens (tertiary/aromatic N) is 4. The number of rotatable bonds is 9. The number of ether oxygens (including phenoxy) is 3. The molecule has 1 heterocycles. The Morgan fingerprint density at radius 1 is 1.18 bits per heavy atom. The fraction of sp³-hybridized carbons (Fsp3) is 0.500. The summed E-state index contributed by atoms with van der Waals surface area (Å²) in [7, 11) is 8.85. The Morgan fingerprint density at radius 2 is 1.86 bits per heavy atom. The van der Waals surface area contributed by atoms with E-state index in [1.54, 1.807) is 26.0 Å². The highest BCUT2D eigenvalue weighted by Gasteiger charge is 2.14. The minimum absolute atomic E-state index is 0.596. The van der Waals surface area contributed by atoms with Crippen molar-refractivity contribution in [3.8, 4) is 17.2 Å². The van der Waals surface area contributed by atoms with Gasteiger partial charge in [-0.15, -0.1) is 0 Å². The number of methoxy groups -OCH3 is 3. The molecule has 0 aliphatic rings.